The number of allylic oxidation sites excluding steroid dienone is 6. The second-order valence-corrected chi connectivity index (χ2v) is 8.80. The van der Waals surface area contributed by atoms with Crippen molar-refractivity contribution in [2.75, 3.05) is 7.05 Å². The fourth-order valence-electron chi connectivity index (χ4n) is 4.03. The summed E-state index contributed by atoms with van der Waals surface area (Å²) < 4.78 is 0. The smallest absolute Gasteiger partial charge is 0.0661 e. The first-order valence-corrected chi connectivity index (χ1v) is 12.1. The van der Waals surface area contributed by atoms with Crippen LogP contribution in [0.25, 0.3) is 5.57 Å². The van der Waals surface area contributed by atoms with E-state index in [0.29, 0.717) is 0 Å². The van der Waals surface area contributed by atoms with E-state index >= 15 is 0 Å². The molecule has 0 saturated heterocycles. The summed E-state index contributed by atoms with van der Waals surface area (Å²) in [5.74, 6) is 0.184. The fourth-order valence-corrected chi connectivity index (χ4v) is 4.03. The lowest BCUT2D eigenvalue weighted by Crippen LogP contribution is -2.09. The predicted octanol–water partition coefficient (Wildman–Crippen LogP) is 8.25. The number of hydrogen-bond donors (Lipinski definition) is 0. The molecule has 0 aromatic heterocycles. The van der Waals surface area contributed by atoms with Crippen LogP contribution in [0.5, 0.6) is 0 Å². The zero-order valence-electron chi connectivity index (χ0n) is 22.2. The lowest BCUT2D eigenvalue weighted by atomic mass is 9.94. The molecule has 35 heavy (non-hydrogen) atoms. The van der Waals surface area contributed by atoms with Gasteiger partial charge in [0.15, 0.2) is 0 Å². The van der Waals surface area contributed by atoms with E-state index in [9.17, 15) is 0 Å². The second-order valence-electron chi connectivity index (χ2n) is 8.80. The fraction of sp³-hybridized carbons (Fsp3) is 0.281. The van der Waals surface area contributed by atoms with Crippen LogP contribution in [0.3, 0.4) is 0 Å². The van der Waals surface area contributed by atoms with Gasteiger partial charge in [-0.25, -0.2) is 0 Å². The lowest BCUT2D eigenvalue weighted by molar-refractivity contribution is 0.928. The van der Waals surface area contributed by atoms with Gasteiger partial charge in [0, 0.05) is 36.7 Å². The molecule has 3 heteroatoms. The Hall–Kier alpha value is -3.59. The van der Waals surface area contributed by atoms with E-state index in [1.165, 1.54) is 27.8 Å². The molecule has 2 aromatic carbocycles. The van der Waals surface area contributed by atoms with Crippen LogP contribution < -0.4 is 0 Å². The van der Waals surface area contributed by atoms with Crippen LogP contribution in [0.15, 0.2) is 94.0 Å². The summed E-state index contributed by atoms with van der Waals surface area (Å²) in [6.45, 7) is 18.1. The molecule has 2 aromatic rings. The predicted molar refractivity (Wildman–Crippen MR) is 157 cm³/mol. The summed E-state index contributed by atoms with van der Waals surface area (Å²) in [4.78, 5) is 13.3. The van der Waals surface area contributed by atoms with Crippen molar-refractivity contribution >= 4 is 29.9 Å². The van der Waals surface area contributed by atoms with Gasteiger partial charge in [-0.15, -0.1) is 0 Å². The van der Waals surface area contributed by atoms with E-state index in [2.05, 4.69) is 106 Å². The molecular formula is C32H39N3. The molecule has 3 nitrogen and oxygen atoms in total. The second kappa shape index (κ2) is 14.0. The molecule has 0 spiro atoms. The monoisotopic (exact) mass is 465 g/mol. The minimum absolute atomic E-state index is 0.184. The van der Waals surface area contributed by atoms with Crippen LogP contribution in [0.1, 0.15) is 48.6 Å². The summed E-state index contributed by atoms with van der Waals surface area (Å²) in [5.41, 5.74) is 10.4. The molecule has 1 unspecified atom stereocenters. The zero-order chi connectivity index (χ0) is 25.8. The largest absolute Gasteiger partial charge is 0.296 e. The van der Waals surface area contributed by atoms with Gasteiger partial charge >= 0.3 is 0 Å². The van der Waals surface area contributed by atoms with Crippen molar-refractivity contribution < 1.29 is 0 Å². The van der Waals surface area contributed by atoms with E-state index in [0.717, 1.165) is 35.4 Å². The van der Waals surface area contributed by atoms with E-state index in [1.54, 1.807) is 13.2 Å². The summed E-state index contributed by atoms with van der Waals surface area (Å²) in [6.07, 6.45) is 13.5. The van der Waals surface area contributed by atoms with Gasteiger partial charge in [-0.05, 0) is 87.2 Å². The van der Waals surface area contributed by atoms with Crippen LogP contribution in [-0.4, -0.2) is 25.7 Å². The Labute approximate surface area is 212 Å². The molecule has 0 heterocycles. The third kappa shape index (κ3) is 7.99. The molecule has 0 aliphatic rings. The molecule has 182 valence electrons. The highest BCUT2D eigenvalue weighted by Crippen LogP contribution is 2.28. The first-order valence-electron chi connectivity index (χ1n) is 12.1. The number of aliphatic imine (C=N–C) groups is 3. The van der Waals surface area contributed by atoms with Crippen LogP contribution in [0.2, 0.25) is 0 Å². The van der Waals surface area contributed by atoms with Gasteiger partial charge < -0.3 is 0 Å². The van der Waals surface area contributed by atoms with Gasteiger partial charge in [0.05, 0.1) is 5.69 Å². The minimum atomic E-state index is 0.184. The molecule has 0 radical (unpaired) electrons. The molecule has 0 saturated carbocycles. The van der Waals surface area contributed by atoms with Crippen molar-refractivity contribution in [2.24, 2.45) is 20.9 Å². The number of benzene rings is 2. The number of nitrogens with zero attached hydrogens (tertiary/aromatic N) is 3. The first kappa shape index (κ1) is 27.7. The SMILES string of the molecule is C=C/C=C(\C=C/C)C(C)/C(C)=N/c1ccc(C(/C=N\C)=C/N=C)cc1CCc1cc(C)ccc1C. The Balaban J connectivity index is 2.54. The molecule has 0 amide bonds. The van der Waals surface area contributed by atoms with Crippen LogP contribution in [0.4, 0.5) is 5.69 Å². The zero-order valence-corrected chi connectivity index (χ0v) is 22.2. The van der Waals surface area contributed by atoms with Gasteiger partial charge in [-0.3, -0.25) is 15.0 Å². The van der Waals surface area contributed by atoms with Crippen molar-refractivity contribution in [3.8, 4) is 0 Å². The van der Waals surface area contributed by atoms with Crippen molar-refractivity contribution in [2.45, 2.75) is 47.5 Å². The highest BCUT2D eigenvalue weighted by Gasteiger charge is 2.12. The van der Waals surface area contributed by atoms with E-state index in [-0.39, 0.29) is 5.92 Å². The Kier molecular flexibility index (Phi) is 11.0. The standard InChI is InChI=1S/C32H39N3/c1-9-11-27(12-10-2)25(5)26(6)35-32-18-17-29(31(21-33-7)22-34-8)20-30(32)16-15-28-19-23(3)13-14-24(28)4/h9-14,17-22,25H,1,7,15-16H2,2-6,8H3/b12-10-,27-11+,31-21+,34-22-,35-26+. The summed E-state index contributed by atoms with van der Waals surface area (Å²) in [7, 11) is 1.76. The number of aryl methyl sites for hydroxylation is 4. The maximum absolute atomic E-state index is 5.11. The molecule has 0 N–H and O–H groups in total. The average Bonchev–Trinajstić information content (AvgIpc) is 2.84. The third-order valence-electron chi connectivity index (χ3n) is 6.17. The maximum Gasteiger partial charge on any atom is 0.0661 e. The lowest BCUT2D eigenvalue weighted by Gasteiger charge is -2.15. The van der Waals surface area contributed by atoms with E-state index in [1.807, 2.05) is 19.2 Å². The van der Waals surface area contributed by atoms with Crippen LogP contribution in [-0.2, 0) is 12.8 Å². The van der Waals surface area contributed by atoms with Gasteiger partial charge in [0.1, 0.15) is 0 Å². The number of hydrogen-bond acceptors (Lipinski definition) is 3. The summed E-state index contributed by atoms with van der Waals surface area (Å²) in [6, 6.07) is 13.1. The minimum Gasteiger partial charge on any atom is -0.296 e. The summed E-state index contributed by atoms with van der Waals surface area (Å²) >= 11 is 0. The number of rotatable bonds is 11. The van der Waals surface area contributed by atoms with Crippen LogP contribution in [0, 0.1) is 19.8 Å². The topological polar surface area (TPSA) is 37.1 Å². The van der Waals surface area contributed by atoms with Crippen molar-refractivity contribution in [1.82, 2.24) is 0 Å². The first-order chi connectivity index (χ1) is 16.8. The maximum atomic E-state index is 5.11. The van der Waals surface area contributed by atoms with Crippen molar-refractivity contribution in [3.63, 3.8) is 0 Å². The molecule has 1 atom stereocenters. The van der Waals surface area contributed by atoms with Crippen molar-refractivity contribution in [1.29, 1.82) is 0 Å². The molecule has 0 aliphatic carbocycles. The van der Waals surface area contributed by atoms with Gasteiger partial charge in [0.25, 0.3) is 0 Å². The molecule has 0 aliphatic heterocycles. The Morgan fingerprint density at radius 2 is 1.80 bits per heavy atom. The average molecular weight is 466 g/mol. The van der Waals surface area contributed by atoms with Gasteiger partial charge in [-0.2, -0.15) is 0 Å². The molecule has 0 fully saturated rings. The Morgan fingerprint density at radius 3 is 2.46 bits per heavy atom. The normalized spacial score (nSPS) is 14.1. The quantitative estimate of drug-likeness (QED) is 0.237. The molecule has 2 rings (SSSR count). The van der Waals surface area contributed by atoms with E-state index in [4.69, 9.17) is 4.99 Å². The van der Waals surface area contributed by atoms with Crippen molar-refractivity contribution in [3.05, 3.63) is 107 Å². The Morgan fingerprint density at radius 1 is 1.06 bits per heavy atom. The highest BCUT2D eigenvalue weighted by atomic mass is 14.8. The third-order valence-corrected chi connectivity index (χ3v) is 6.17. The van der Waals surface area contributed by atoms with Crippen LogP contribution >= 0.6 is 0 Å². The van der Waals surface area contributed by atoms with Gasteiger partial charge in [0.2, 0.25) is 0 Å². The molecular weight excluding hydrogens is 426 g/mol. The summed E-state index contributed by atoms with van der Waals surface area (Å²) in [5, 5.41) is 0. The highest BCUT2D eigenvalue weighted by molar-refractivity contribution is 6.10. The van der Waals surface area contributed by atoms with E-state index < -0.39 is 0 Å². The molecule has 0 bridgehead atoms. The van der Waals surface area contributed by atoms with Gasteiger partial charge in [-0.1, -0.05) is 67.6 Å². The Bertz CT molecular complexity index is 1190.